The van der Waals surface area contributed by atoms with Crippen molar-refractivity contribution in [2.75, 3.05) is 0 Å². The summed E-state index contributed by atoms with van der Waals surface area (Å²) in [5, 5.41) is 17.5. The van der Waals surface area contributed by atoms with Crippen molar-refractivity contribution < 1.29 is 0 Å². The third-order valence-electron chi connectivity index (χ3n) is 11.1. The average molecular weight is 700 g/mol. The third-order valence-corrected chi connectivity index (χ3v) is 11.1. The van der Waals surface area contributed by atoms with Crippen LogP contribution in [0.15, 0.2) is 176 Å². The smallest absolute Gasteiger partial charge is 0.211 e. The Labute approximate surface area is 316 Å². The normalized spacial score (nSPS) is 11.6. The summed E-state index contributed by atoms with van der Waals surface area (Å²) in [6, 6.07) is 63.5. The minimum atomic E-state index is 0.566. The molecule has 0 aliphatic heterocycles. The van der Waals surface area contributed by atoms with Gasteiger partial charge in [-0.1, -0.05) is 115 Å². The van der Waals surface area contributed by atoms with Crippen molar-refractivity contribution in [3.05, 3.63) is 193 Å². The Morgan fingerprint density at radius 3 is 1.67 bits per heavy atom. The van der Waals surface area contributed by atoms with Crippen LogP contribution in [-0.2, 0) is 0 Å². The zero-order chi connectivity index (χ0) is 36.6. The van der Waals surface area contributed by atoms with E-state index in [0.29, 0.717) is 11.3 Å². The number of nitriles is 1. The highest BCUT2D eigenvalue weighted by atomic mass is 15.0. The zero-order valence-corrected chi connectivity index (χ0v) is 29.5. The fourth-order valence-corrected chi connectivity index (χ4v) is 8.91. The highest BCUT2D eigenvalue weighted by Gasteiger charge is 2.22. The van der Waals surface area contributed by atoms with Crippen LogP contribution in [-0.4, -0.2) is 13.7 Å². The van der Waals surface area contributed by atoms with Gasteiger partial charge in [-0.05, 0) is 71.6 Å². The lowest BCUT2D eigenvalue weighted by Crippen LogP contribution is -2.01. The molecule has 3 aromatic heterocycles. The van der Waals surface area contributed by atoms with E-state index < -0.39 is 0 Å². The fraction of sp³-hybridized carbons (Fsp3) is 0. The van der Waals surface area contributed by atoms with Crippen molar-refractivity contribution >= 4 is 71.1 Å². The van der Waals surface area contributed by atoms with Crippen molar-refractivity contribution in [3.63, 3.8) is 0 Å². The maximum atomic E-state index is 10.6. The van der Waals surface area contributed by atoms with Gasteiger partial charge in [0.25, 0.3) is 0 Å². The zero-order valence-electron chi connectivity index (χ0n) is 29.5. The second kappa shape index (κ2) is 11.8. The molecule has 8 aromatic carbocycles. The van der Waals surface area contributed by atoms with Gasteiger partial charge >= 0.3 is 0 Å². The second-order valence-corrected chi connectivity index (χ2v) is 13.9. The van der Waals surface area contributed by atoms with Gasteiger partial charge in [0.05, 0.1) is 62.7 Å². The van der Waals surface area contributed by atoms with Gasteiger partial charge in [-0.3, -0.25) is 0 Å². The van der Waals surface area contributed by atoms with Crippen LogP contribution in [0.25, 0.3) is 98.5 Å². The summed E-state index contributed by atoms with van der Waals surface area (Å²) in [5.41, 5.74) is 12.2. The van der Waals surface area contributed by atoms with E-state index in [1.54, 1.807) is 0 Å². The molecule has 0 amide bonds. The molecule has 0 unspecified atom stereocenters. The Morgan fingerprint density at radius 2 is 0.982 bits per heavy atom. The first-order chi connectivity index (χ1) is 27.2. The van der Waals surface area contributed by atoms with Gasteiger partial charge < -0.3 is 13.7 Å². The SMILES string of the molecule is [C-]#[N+]c1cccc2c3ccccc3n(-c3cccc(C#N)c3-c3cccc(-n4c5ccccc5c5c(-n6c7ccccc7c7ccccc76)cccc54)c3)c12. The molecule has 0 N–H and O–H groups in total. The van der Waals surface area contributed by atoms with Gasteiger partial charge in [0.15, 0.2) is 0 Å². The van der Waals surface area contributed by atoms with Gasteiger partial charge in [0.1, 0.15) is 0 Å². The Hall–Kier alpha value is -7.86. The maximum absolute atomic E-state index is 10.6. The van der Waals surface area contributed by atoms with Crippen molar-refractivity contribution in [3.8, 4) is 34.3 Å². The first kappa shape index (κ1) is 30.7. The average Bonchev–Trinajstić information content (AvgIpc) is 3.89. The fourth-order valence-electron chi connectivity index (χ4n) is 8.91. The second-order valence-electron chi connectivity index (χ2n) is 13.9. The number of hydrogen-bond donors (Lipinski definition) is 0. The number of aromatic nitrogens is 3. The molecule has 0 radical (unpaired) electrons. The first-order valence-electron chi connectivity index (χ1n) is 18.3. The number of para-hydroxylation sites is 5. The molecule has 5 heteroatoms. The summed E-state index contributed by atoms with van der Waals surface area (Å²) >= 11 is 0. The van der Waals surface area contributed by atoms with Crippen LogP contribution < -0.4 is 0 Å². The van der Waals surface area contributed by atoms with Gasteiger partial charge in [-0.15, -0.1) is 0 Å². The van der Waals surface area contributed by atoms with Crippen LogP contribution in [0.2, 0.25) is 0 Å². The molecule has 0 aliphatic carbocycles. The van der Waals surface area contributed by atoms with Crippen LogP contribution >= 0.6 is 0 Å². The topological polar surface area (TPSA) is 42.9 Å². The highest BCUT2D eigenvalue weighted by Crippen LogP contribution is 2.43. The Morgan fingerprint density at radius 1 is 0.455 bits per heavy atom. The van der Waals surface area contributed by atoms with Crippen molar-refractivity contribution in [1.29, 1.82) is 5.26 Å². The van der Waals surface area contributed by atoms with Crippen LogP contribution in [0.5, 0.6) is 0 Å². The molecule has 0 fully saturated rings. The van der Waals surface area contributed by atoms with E-state index in [9.17, 15) is 5.26 Å². The minimum Gasteiger partial charge on any atom is -0.318 e. The van der Waals surface area contributed by atoms with Crippen molar-refractivity contribution in [1.82, 2.24) is 13.7 Å². The lowest BCUT2D eigenvalue weighted by atomic mass is 9.97. The summed E-state index contributed by atoms with van der Waals surface area (Å²) in [6.07, 6.45) is 0. The summed E-state index contributed by atoms with van der Waals surface area (Å²) < 4.78 is 6.91. The molecule has 0 bridgehead atoms. The molecule has 0 saturated heterocycles. The molecule has 0 spiro atoms. The van der Waals surface area contributed by atoms with E-state index in [2.05, 4.69) is 164 Å². The molecule has 5 nitrogen and oxygen atoms in total. The Balaban J connectivity index is 1.19. The summed E-state index contributed by atoms with van der Waals surface area (Å²) in [4.78, 5) is 3.95. The van der Waals surface area contributed by atoms with E-state index >= 15 is 0 Å². The predicted molar refractivity (Wildman–Crippen MR) is 226 cm³/mol. The molecule has 3 heterocycles. The van der Waals surface area contributed by atoms with E-state index in [1.807, 2.05) is 36.4 Å². The summed E-state index contributed by atoms with van der Waals surface area (Å²) in [6.45, 7) is 8.09. The number of rotatable bonds is 4. The number of benzene rings is 8. The first-order valence-corrected chi connectivity index (χ1v) is 18.3. The minimum absolute atomic E-state index is 0.566. The Bertz CT molecular complexity index is 3420. The standard InChI is InChI=1S/C50H29N5/c1-52-40-22-12-21-38-37-19-4-8-25-43(37)55(50(38)40)45-27-11-15-33(31-51)48(45)32-14-10-16-34(30-32)53-44-26-9-5-20-39(44)49-46(53)28-13-29-47(49)54-41-23-6-2-17-35(41)36-18-3-7-24-42(36)54/h2-30H. The van der Waals surface area contributed by atoms with Crippen LogP contribution in [0, 0.1) is 17.9 Å². The molecule has 0 saturated carbocycles. The van der Waals surface area contributed by atoms with E-state index in [1.165, 1.54) is 27.2 Å². The third kappa shape index (κ3) is 4.33. The monoisotopic (exact) mass is 699 g/mol. The van der Waals surface area contributed by atoms with Crippen molar-refractivity contribution in [2.24, 2.45) is 0 Å². The lowest BCUT2D eigenvalue weighted by molar-refractivity contribution is 1.16. The van der Waals surface area contributed by atoms with Gasteiger partial charge in [0, 0.05) is 38.2 Å². The molecular formula is C50H29N5. The van der Waals surface area contributed by atoms with E-state index in [0.717, 1.165) is 66.4 Å². The number of hydrogen-bond acceptors (Lipinski definition) is 1. The van der Waals surface area contributed by atoms with Crippen LogP contribution in [0.1, 0.15) is 5.56 Å². The Kier molecular flexibility index (Phi) is 6.61. The maximum Gasteiger partial charge on any atom is 0.211 e. The van der Waals surface area contributed by atoms with E-state index in [4.69, 9.17) is 6.57 Å². The molecule has 0 aliphatic rings. The number of nitrogens with zero attached hydrogens (tertiary/aromatic N) is 5. The van der Waals surface area contributed by atoms with Crippen LogP contribution in [0.4, 0.5) is 5.69 Å². The molecular weight excluding hydrogens is 671 g/mol. The van der Waals surface area contributed by atoms with Gasteiger partial charge in [-0.25, -0.2) is 4.85 Å². The quantitative estimate of drug-likeness (QED) is 0.169. The van der Waals surface area contributed by atoms with Crippen molar-refractivity contribution in [2.45, 2.75) is 0 Å². The predicted octanol–water partition coefficient (Wildman–Crippen LogP) is 13.1. The van der Waals surface area contributed by atoms with Gasteiger partial charge in [0.2, 0.25) is 5.69 Å². The summed E-state index contributed by atoms with van der Waals surface area (Å²) in [7, 11) is 0. The largest absolute Gasteiger partial charge is 0.318 e. The molecule has 0 atom stereocenters. The molecule has 11 rings (SSSR count). The molecule has 55 heavy (non-hydrogen) atoms. The van der Waals surface area contributed by atoms with Crippen LogP contribution in [0.3, 0.4) is 0 Å². The lowest BCUT2D eigenvalue weighted by Gasteiger charge is -2.17. The van der Waals surface area contributed by atoms with E-state index in [-0.39, 0.29) is 0 Å². The van der Waals surface area contributed by atoms with Gasteiger partial charge in [-0.2, -0.15) is 5.26 Å². The highest BCUT2D eigenvalue weighted by molar-refractivity contribution is 6.17. The summed E-state index contributed by atoms with van der Waals surface area (Å²) in [5.74, 6) is 0. The molecule has 11 aromatic rings. The number of fused-ring (bicyclic) bond motifs is 9. The molecule has 254 valence electrons.